The largest absolute Gasteiger partial charge is 0.366 e. The van der Waals surface area contributed by atoms with Crippen LogP contribution in [0.1, 0.15) is 42.3 Å². The van der Waals surface area contributed by atoms with Crippen molar-refractivity contribution >= 4 is 40.2 Å². The highest BCUT2D eigenvalue weighted by atomic mass is 19.1. The molecule has 0 fully saturated rings. The van der Waals surface area contributed by atoms with Crippen molar-refractivity contribution in [2.45, 2.75) is 26.8 Å². The molecule has 8 heteroatoms. The molecule has 4 heterocycles. The van der Waals surface area contributed by atoms with Gasteiger partial charge in [-0.15, -0.1) is 0 Å². The number of anilines is 3. The van der Waals surface area contributed by atoms with Crippen molar-refractivity contribution in [1.82, 2.24) is 9.97 Å². The number of nitrogens with one attached hydrogen (secondary N) is 2. The molecule has 1 aromatic carbocycles. The zero-order valence-electron chi connectivity index (χ0n) is 19.3. The van der Waals surface area contributed by atoms with Crippen molar-refractivity contribution in [2.24, 2.45) is 4.99 Å². The maximum Gasteiger partial charge on any atom is 0.256 e. The van der Waals surface area contributed by atoms with Gasteiger partial charge in [-0.1, -0.05) is 6.08 Å². The predicted molar refractivity (Wildman–Crippen MR) is 134 cm³/mol. The Morgan fingerprint density at radius 2 is 1.97 bits per heavy atom. The highest BCUT2D eigenvalue weighted by Gasteiger charge is 2.25. The fourth-order valence-corrected chi connectivity index (χ4v) is 4.29. The minimum absolute atomic E-state index is 0.210. The first kappa shape index (κ1) is 21.8. The fraction of sp³-hybridized carbons (Fsp3) is 0.231. The molecule has 0 bridgehead atoms. The highest BCUT2D eigenvalue weighted by molar-refractivity contribution is 6.04. The van der Waals surface area contributed by atoms with Crippen molar-refractivity contribution in [3.8, 4) is 0 Å². The first-order valence-corrected chi connectivity index (χ1v) is 11.2. The van der Waals surface area contributed by atoms with Gasteiger partial charge < -0.3 is 15.5 Å². The minimum atomic E-state index is -0.340. The molecular weight excluding hydrogens is 431 g/mol. The molecule has 7 nitrogen and oxygen atoms in total. The Morgan fingerprint density at radius 1 is 1.18 bits per heavy atom. The Hall–Kier alpha value is -4.07. The van der Waals surface area contributed by atoms with Gasteiger partial charge >= 0.3 is 0 Å². The summed E-state index contributed by atoms with van der Waals surface area (Å²) in [6.45, 7) is 7.33. The number of pyridine rings is 2. The third-order valence-corrected chi connectivity index (χ3v) is 5.93. The lowest BCUT2D eigenvalue weighted by Gasteiger charge is -2.34. The Morgan fingerprint density at radius 3 is 2.74 bits per heavy atom. The van der Waals surface area contributed by atoms with Crippen LogP contribution in [0.25, 0.3) is 5.57 Å². The molecule has 5 rings (SSSR count). The first-order chi connectivity index (χ1) is 16.4. The molecule has 0 aliphatic carbocycles. The zero-order chi connectivity index (χ0) is 23.8. The van der Waals surface area contributed by atoms with Gasteiger partial charge in [-0.05, 0) is 68.3 Å². The van der Waals surface area contributed by atoms with Gasteiger partial charge in [0.05, 0.1) is 12.2 Å². The van der Waals surface area contributed by atoms with Gasteiger partial charge in [0.1, 0.15) is 17.3 Å². The number of hydrogen-bond donors (Lipinski definition) is 2. The molecule has 2 aromatic heterocycles. The maximum absolute atomic E-state index is 15.2. The first-order valence-electron chi connectivity index (χ1n) is 11.2. The van der Waals surface area contributed by atoms with E-state index in [4.69, 9.17) is 0 Å². The molecule has 0 spiro atoms. The second kappa shape index (κ2) is 8.70. The van der Waals surface area contributed by atoms with Gasteiger partial charge in [0, 0.05) is 41.8 Å². The predicted octanol–water partition coefficient (Wildman–Crippen LogP) is 5.05. The SMILES string of the molecule is CC1=Nc2c(F)cc(C3=CCNc4nc(NC(=O)c5ccncc5)ccc43)cc2N(C(C)C)C1. The topological polar surface area (TPSA) is 82.5 Å². The average molecular weight is 457 g/mol. The van der Waals surface area contributed by atoms with E-state index in [0.29, 0.717) is 36.0 Å². The number of halogens is 1. The number of benzene rings is 1. The van der Waals surface area contributed by atoms with Crippen molar-refractivity contribution < 1.29 is 9.18 Å². The van der Waals surface area contributed by atoms with E-state index in [9.17, 15) is 4.79 Å². The molecule has 1 amide bonds. The molecule has 2 aliphatic rings. The van der Waals surface area contributed by atoms with Crippen LogP contribution in [0.3, 0.4) is 0 Å². The van der Waals surface area contributed by atoms with Crippen molar-refractivity contribution in [3.63, 3.8) is 0 Å². The smallest absolute Gasteiger partial charge is 0.256 e. The van der Waals surface area contributed by atoms with Crippen LogP contribution in [0, 0.1) is 5.82 Å². The monoisotopic (exact) mass is 456 g/mol. The van der Waals surface area contributed by atoms with Crippen LogP contribution in [-0.2, 0) is 0 Å². The van der Waals surface area contributed by atoms with Crippen LogP contribution in [0.15, 0.2) is 59.9 Å². The lowest BCUT2D eigenvalue weighted by Crippen LogP contribution is -2.37. The van der Waals surface area contributed by atoms with Gasteiger partial charge in [0.2, 0.25) is 0 Å². The zero-order valence-corrected chi connectivity index (χ0v) is 19.3. The Kier molecular flexibility index (Phi) is 5.57. The molecule has 3 aromatic rings. The van der Waals surface area contributed by atoms with Gasteiger partial charge in [-0.25, -0.2) is 9.37 Å². The normalized spacial score (nSPS) is 14.6. The third kappa shape index (κ3) is 4.03. The summed E-state index contributed by atoms with van der Waals surface area (Å²) in [5, 5.41) is 6.07. The summed E-state index contributed by atoms with van der Waals surface area (Å²) in [7, 11) is 0. The summed E-state index contributed by atoms with van der Waals surface area (Å²) in [5.74, 6) is 0.467. The van der Waals surface area contributed by atoms with Crippen molar-refractivity contribution in [2.75, 3.05) is 28.6 Å². The van der Waals surface area contributed by atoms with E-state index in [-0.39, 0.29) is 17.8 Å². The Balaban J connectivity index is 1.48. The van der Waals surface area contributed by atoms with E-state index in [1.165, 1.54) is 0 Å². The molecular formula is C26H25FN6O. The third-order valence-electron chi connectivity index (χ3n) is 5.93. The van der Waals surface area contributed by atoms with Crippen LogP contribution < -0.4 is 15.5 Å². The highest BCUT2D eigenvalue weighted by Crippen LogP contribution is 2.41. The van der Waals surface area contributed by atoms with Crippen LogP contribution in [0.4, 0.5) is 27.4 Å². The molecule has 0 saturated carbocycles. The van der Waals surface area contributed by atoms with Gasteiger partial charge in [-0.3, -0.25) is 14.8 Å². The molecule has 0 radical (unpaired) electrons. The standard InChI is InChI=1S/C26H25FN6O/c1-15(2)33-14-16(3)30-24-21(27)12-18(13-22(24)33)19-8-11-29-25-20(19)4-5-23(31-25)32-26(34)17-6-9-28-10-7-17/h4-10,12-13,15H,11,14H2,1-3H3,(H2,29,31,32,34). The fourth-order valence-electron chi connectivity index (χ4n) is 4.29. The summed E-state index contributed by atoms with van der Waals surface area (Å²) >= 11 is 0. The van der Waals surface area contributed by atoms with Gasteiger partial charge in [-0.2, -0.15) is 0 Å². The second-order valence-corrected chi connectivity index (χ2v) is 8.68. The summed E-state index contributed by atoms with van der Waals surface area (Å²) in [6.07, 6.45) is 5.16. The lowest BCUT2D eigenvalue weighted by atomic mass is 9.94. The average Bonchev–Trinajstić information content (AvgIpc) is 2.84. The number of carbonyl (C=O) groups is 1. The van der Waals surface area contributed by atoms with Crippen molar-refractivity contribution in [1.29, 1.82) is 0 Å². The summed E-state index contributed by atoms with van der Waals surface area (Å²) in [6, 6.07) is 10.7. The van der Waals surface area contributed by atoms with E-state index >= 15 is 4.39 Å². The number of rotatable bonds is 4. The van der Waals surface area contributed by atoms with E-state index in [2.05, 4.69) is 44.3 Å². The number of aromatic nitrogens is 2. The molecule has 0 unspecified atom stereocenters. The molecule has 172 valence electrons. The van der Waals surface area contributed by atoms with Crippen LogP contribution in [0.5, 0.6) is 0 Å². The second-order valence-electron chi connectivity index (χ2n) is 8.68. The van der Waals surface area contributed by atoms with E-state index < -0.39 is 0 Å². The van der Waals surface area contributed by atoms with Crippen LogP contribution in [-0.4, -0.2) is 40.7 Å². The van der Waals surface area contributed by atoms with Crippen LogP contribution >= 0.6 is 0 Å². The number of amides is 1. The van der Waals surface area contributed by atoms with Gasteiger partial charge in [0.15, 0.2) is 5.82 Å². The number of carbonyl (C=O) groups excluding carboxylic acids is 1. The molecule has 0 atom stereocenters. The van der Waals surface area contributed by atoms with Crippen molar-refractivity contribution in [3.05, 3.63) is 77.4 Å². The molecule has 34 heavy (non-hydrogen) atoms. The summed E-state index contributed by atoms with van der Waals surface area (Å²) < 4.78 is 15.2. The Bertz CT molecular complexity index is 1330. The lowest BCUT2D eigenvalue weighted by molar-refractivity contribution is 0.102. The number of aliphatic imine (C=N–C) groups is 1. The maximum atomic E-state index is 15.2. The summed E-state index contributed by atoms with van der Waals surface area (Å²) in [5.41, 5.74) is 5.10. The Labute approximate surface area is 197 Å². The number of nitrogens with zero attached hydrogens (tertiary/aromatic N) is 4. The number of fused-ring (bicyclic) bond motifs is 2. The quantitative estimate of drug-likeness (QED) is 0.574. The molecule has 0 saturated heterocycles. The minimum Gasteiger partial charge on any atom is -0.366 e. The molecule has 2 aliphatic heterocycles. The number of hydrogen-bond acceptors (Lipinski definition) is 6. The van der Waals surface area contributed by atoms with Gasteiger partial charge in [0.25, 0.3) is 5.91 Å². The van der Waals surface area contributed by atoms with Crippen LogP contribution in [0.2, 0.25) is 0 Å². The van der Waals surface area contributed by atoms with E-state index in [0.717, 1.165) is 28.1 Å². The van der Waals surface area contributed by atoms with E-state index in [1.807, 2.05) is 25.1 Å². The summed E-state index contributed by atoms with van der Waals surface area (Å²) in [4.78, 5) is 27.7. The molecule has 2 N–H and O–H groups in total. The van der Waals surface area contributed by atoms with E-state index in [1.54, 1.807) is 36.7 Å².